The summed E-state index contributed by atoms with van der Waals surface area (Å²) in [6.45, 7) is 1.14. The van der Waals surface area contributed by atoms with Crippen molar-refractivity contribution in [2.24, 2.45) is 5.16 Å². The zero-order valence-corrected chi connectivity index (χ0v) is 9.60. The molecule has 0 aliphatic carbocycles. The molecule has 0 aromatic heterocycles. The fourth-order valence-electron chi connectivity index (χ4n) is 1.70. The Bertz CT molecular complexity index is 412. The second kappa shape index (κ2) is 6.02. The third-order valence-electron chi connectivity index (χ3n) is 2.70. The Balaban J connectivity index is 1.77. The van der Waals surface area contributed by atoms with Gasteiger partial charge in [0.1, 0.15) is 6.61 Å². The quantitative estimate of drug-likeness (QED) is 0.804. The highest BCUT2D eigenvalue weighted by molar-refractivity contribution is 5.86. The third-order valence-corrected chi connectivity index (χ3v) is 2.70. The van der Waals surface area contributed by atoms with Gasteiger partial charge in [0.05, 0.1) is 17.8 Å². The molecule has 4 heteroatoms. The maximum absolute atomic E-state index is 8.72. The van der Waals surface area contributed by atoms with Crippen molar-refractivity contribution in [1.82, 2.24) is 5.32 Å². The van der Waals surface area contributed by atoms with Gasteiger partial charge < -0.3 is 4.84 Å². The van der Waals surface area contributed by atoms with Crippen molar-refractivity contribution in [2.45, 2.75) is 25.5 Å². The number of nitrogens with zero attached hydrogens (tertiary/aromatic N) is 2. The minimum Gasteiger partial charge on any atom is -0.391 e. The number of hydrogen-bond donors (Lipinski definition) is 1. The Morgan fingerprint density at radius 2 is 2.24 bits per heavy atom. The Morgan fingerprint density at radius 1 is 1.41 bits per heavy atom. The van der Waals surface area contributed by atoms with Crippen molar-refractivity contribution in [3.05, 3.63) is 35.9 Å². The summed E-state index contributed by atoms with van der Waals surface area (Å²) in [5.74, 6) is 0. The molecule has 1 atom stereocenters. The van der Waals surface area contributed by atoms with E-state index in [-0.39, 0.29) is 6.04 Å². The van der Waals surface area contributed by atoms with Gasteiger partial charge >= 0.3 is 0 Å². The molecular weight excluding hydrogens is 214 g/mol. The summed E-state index contributed by atoms with van der Waals surface area (Å²) in [5.41, 5.74) is 2.09. The van der Waals surface area contributed by atoms with Crippen LogP contribution in [0.5, 0.6) is 0 Å². The largest absolute Gasteiger partial charge is 0.391 e. The molecule has 1 heterocycles. The minimum atomic E-state index is -0.0388. The van der Waals surface area contributed by atoms with E-state index in [9.17, 15) is 0 Å². The van der Waals surface area contributed by atoms with Crippen LogP contribution in [0.4, 0.5) is 0 Å². The first kappa shape index (κ1) is 11.6. The van der Waals surface area contributed by atoms with E-state index in [1.54, 1.807) is 0 Å². The lowest BCUT2D eigenvalue weighted by atomic mass is 10.1. The van der Waals surface area contributed by atoms with E-state index in [1.165, 1.54) is 0 Å². The van der Waals surface area contributed by atoms with Crippen molar-refractivity contribution in [3.8, 4) is 6.07 Å². The molecule has 0 amide bonds. The zero-order valence-electron chi connectivity index (χ0n) is 9.60. The van der Waals surface area contributed by atoms with Crippen LogP contribution in [0.1, 0.15) is 18.4 Å². The number of benzene rings is 1. The van der Waals surface area contributed by atoms with Gasteiger partial charge in [0, 0.05) is 6.54 Å². The van der Waals surface area contributed by atoms with Gasteiger partial charge in [-0.2, -0.15) is 5.26 Å². The molecule has 17 heavy (non-hydrogen) atoms. The number of oxime groups is 1. The first-order chi connectivity index (χ1) is 8.38. The number of rotatable bonds is 3. The minimum absolute atomic E-state index is 0.0388. The summed E-state index contributed by atoms with van der Waals surface area (Å²) in [5, 5.41) is 15.9. The van der Waals surface area contributed by atoms with Gasteiger partial charge in [-0.05, 0) is 18.4 Å². The van der Waals surface area contributed by atoms with Crippen LogP contribution in [-0.4, -0.2) is 18.3 Å². The average molecular weight is 229 g/mol. The molecule has 0 bridgehead atoms. The maximum Gasteiger partial charge on any atom is 0.142 e. The second-order valence-corrected chi connectivity index (χ2v) is 4.02. The number of hydrogen-bond acceptors (Lipinski definition) is 4. The van der Waals surface area contributed by atoms with E-state index in [0.717, 1.165) is 24.1 Å². The highest BCUT2D eigenvalue weighted by Crippen LogP contribution is 2.06. The molecule has 1 aliphatic heterocycles. The van der Waals surface area contributed by atoms with Crippen LogP contribution in [-0.2, 0) is 11.4 Å². The molecule has 0 saturated carbocycles. The summed E-state index contributed by atoms with van der Waals surface area (Å²) in [4.78, 5) is 5.29. The molecule has 2 rings (SSSR count). The molecule has 1 fully saturated rings. The third kappa shape index (κ3) is 3.58. The molecule has 4 nitrogen and oxygen atoms in total. The molecule has 1 saturated heterocycles. The molecule has 1 aliphatic rings. The highest BCUT2D eigenvalue weighted by atomic mass is 16.6. The van der Waals surface area contributed by atoms with Crippen molar-refractivity contribution in [1.29, 1.82) is 5.26 Å². The van der Waals surface area contributed by atoms with Gasteiger partial charge in [0.15, 0.2) is 0 Å². The van der Waals surface area contributed by atoms with E-state index in [2.05, 4.69) is 16.5 Å². The van der Waals surface area contributed by atoms with Crippen LogP contribution in [0.25, 0.3) is 0 Å². The molecule has 0 radical (unpaired) electrons. The van der Waals surface area contributed by atoms with Crippen molar-refractivity contribution >= 4 is 5.71 Å². The smallest absolute Gasteiger partial charge is 0.142 e. The SMILES string of the molecule is N#C[C@@H]1CCC(=NOCc2ccccc2)CN1. The van der Waals surface area contributed by atoms with Crippen LogP contribution in [0.15, 0.2) is 35.5 Å². The van der Waals surface area contributed by atoms with Gasteiger partial charge in [-0.1, -0.05) is 35.5 Å². The monoisotopic (exact) mass is 229 g/mol. The summed E-state index contributed by atoms with van der Waals surface area (Å²) in [7, 11) is 0. The first-order valence-electron chi connectivity index (χ1n) is 5.73. The van der Waals surface area contributed by atoms with Gasteiger partial charge in [-0.15, -0.1) is 0 Å². The van der Waals surface area contributed by atoms with Crippen LogP contribution in [0.3, 0.4) is 0 Å². The molecule has 88 valence electrons. The van der Waals surface area contributed by atoms with Crippen LogP contribution >= 0.6 is 0 Å². The Hall–Kier alpha value is -1.86. The summed E-state index contributed by atoms with van der Waals surface area (Å²) in [6.07, 6.45) is 1.64. The molecule has 0 spiro atoms. The topological polar surface area (TPSA) is 57.4 Å². The lowest BCUT2D eigenvalue weighted by Crippen LogP contribution is -2.38. The zero-order chi connectivity index (χ0) is 11.9. The first-order valence-corrected chi connectivity index (χ1v) is 5.73. The van der Waals surface area contributed by atoms with E-state index in [1.807, 2.05) is 30.3 Å². The highest BCUT2D eigenvalue weighted by Gasteiger charge is 2.15. The van der Waals surface area contributed by atoms with Crippen LogP contribution < -0.4 is 5.32 Å². The fraction of sp³-hybridized carbons (Fsp3) is 0.385. The van der Waals surface area contributed by atoms with E-state index >= 15 is 0 Å². The Morgan fingerprint density at radius 3 is 2.88 bits per heavy atom. The lowest BCUT2D eigenvalue weighted by Gasteiger charge is -2.18. The van der Waals surface area contributed by atoms with Gasteiger partial charge in [0.2, 0.25) is 0 Å². The van der Waals surface area contributed by atoms with E-state index in [0.29, 0.717) is 13.2 Å². The molecule has 0 unspecified atom stereocenters. The predicted molar refractivity (Wildman–Crippen MR) is 65.3 cm³/mol. The Labute approximate surface area is 101 Å². The summed E-state index contributed by atoms with van der Waals surface area (Å²) >= 11 is 0. The maximum atomic E-state index is 8.72. The average Bonchev–Trinajstić information content (AvgIpc) is 2.41. The van der Waals surface area contributed by atoms with Crippen molar-refractivity contribution < 1.29 is 4.84 Å². The number of nitrogens with one attached hydrogen (secondary N) is 1. The molecule has 1 aromatic carbocycles. The Kier molecular flexibility index (Phi) is 4.11. The van der Waals surface area contributed by atoms with Crippen LogP contribution in [0, 0.1) is 11.3 Å². The van der Waals surface area contributed by atoms with Crippen LogP contribution in [0.2, 0.25) is 0 Å². The lowest BCUT2D eigenvalue weighted by molar-refractivity contribution is 0.129. The molecular formula is C13H15N3O. The summed E-state index contributed by atoms with van der Waals surface area (Å²) < 4.78 is 0. The fourth-order valence-corrected chi connectivity index (χ4v) is 1.70. The summed E-state index contributed by atoms with van der Waals surface area (Å²) in [6, 6.07) is 12.1. The van der Waals surface area contributed by atoms with Crippen molar-refractivity contribution in [3.63, 3.8) is 0 Å². The number of nitriles is 1. The van der Waals surface area contributed by atoms with Gasteiger partial charge in [-0.25, -0.2) is 0 Å². The normalized spacial score (nSPS) is 22.1. The van der Waals surface area contributed by atoms with E-state index in [4.69, 9.17) is 10.1 Å². The number of piperidine rings is 1. The second-order valence-electron chi connectivity index (χ2n) is 4.02. The molecule has 1 aromatic rings. The van der Waals surface area contributed by atoms with E-state index < -0.39 is 0 Å². The van der Waals surface area contributed by atoms with Gasteiger partial charge in [-0.3, -0.25) is 5.32 Å². The van der Waals surface area contributed by atoms with Crippen molar-refractivity contribution in [2.75, 3.05) is 6.54 Å². The predicted octanol–water partition coefficient (Wildman–Crippen LogP) is 1.83. The molecule has 1 N–H and O–H groups in total. The standard InChI is InChI=1S/C13H15N3O/c14-8-12-6-7-13(9-15-12)16-17-10-11-4-2-1-3-5-11/h1-5,12,15H,6-7,9-10H2/t12-/m0/s1. The van der Waals surface area contributed by atoms with Gasteiger partial charge in [0.25, 0.3) is 0 Å².